The zero-order valence-electron chi connectivity index (χ0n) is 16.4. The van der Waals surface area contributed by atoms with Gasteiger partial charge in [0.15, 0.2) is 0 Å². The number of aryl methyl sites for hydroxylation is 1. The van der Waals surface area contributed by atoms with Gasteiger partial charge in [0.1, 0.15) is 17.2 Å². The van der Waals surface area contributed by atoms with Crippen LogP contribution in [0, 0.1) is 6.92 Å². The highest BCUT2D eigenvalue weighted by atomic mass is 16.5. The number of ether oxygens (including phenoxy) is 2. The van der Waals surface area contributed by atoms with Gasteiger partial charge >= 0.3 is 0 Å². The molecule has 5 rings (SSSR count). The summed E-state index contributed by atoms with van der Waals surface area (Å²) in [4.78, 5) is 0. The van der Waals surface area contributed by atoms with Crippen LogP contribution in [0.15, 0.2) is 71.8 Å². The fourth-order valence-corrected chi connectivity index (χ4v) is 4.07. The van der Waals surface area contributed by atoms with Crippen LogP contribution in [0.3, 0.4) is 0 Å². The lowest BCUT2D eigenvalue weighted by atomic mass is 9.95. The van der Waals surface area contributed by atoms with Gasteiger partial charge in [0.05, 0.1) is 18.9 Å². The minimum Gasteiger partial charge on any atom is -0.507 e. The molecule has 2 atom stereocenters. The first kappa shape index (κ1) is 17.6. The van der Waals surface area contributed by atoms with E-state index in [1.807, 2.05) is 66.5 Å². The molecule has 0 aliphatic carbocycles. The highest BCUT2D eigenvalue weighted by Crippen LogP contribution is 2.48. The molecule has 0 radical (unpaired) electrons. The Morgan fingerprint density at radius 1 is 1.07 bits per heavy atom. The summed E-state index contributed by atoms with van der Waals surface area (Å²) in [6.07, 6.45) is 0.370. The monoisotopic (exact) mass is 386 g/mol. The molecule has 29 heavy (non-hydrogen) atoms. The Hall–Kier alpha value is -3.47. The largest absolute Gasteiger partial charge is 0.507 e. The second kappa shape index (κ2) is 6.85. The number of fused-ring (bicyclic) bond motifs is 3. The van der Waals surface area contributed by atoms with Crippen LogP contribution in [0.5, 0.6) is 17.2 Å². The Morgan fingerprint density at radius 2 is 1.86 bits per heavy atom. The quantitative estimate of drug-likeness (QED) is 0.692. The van der Waals surface area contributed by atoms with E-state index in [-0.39, 0.29) is 18.0 Å². The van der Waals surface area contributed by atoms with Gasteiger partial charge in [-0.05, 0) is 49.4 Å². The smallest absolute Gasteiger partial charge is 0.213 e. The van der Waals surface area contributed by atoms with Crippen molar-refractivity contribution < 1.29 is 14.6 Å². The van der Waals surface area contributed by atoms with Crippen molar-refractivity contribution in [2.45, 2.75) is 25.6 Å². The average Bonchev–Trinajstić information content (AvgIpc) is 3.20. The first-order valence-corrected chi connectivity index (χ1v) is 9.69. The summed E-state index contributed by atoms with van der Waals surface area (Å²) in [5.41, 5.74) is 4.86. The maximum atomic E-state index is 10.4. The summed E-state index contributed by atoms with van der Waals surface area (Å²) in [6.45, 7) is 2.02. The molecule has 0 saturated heterocycles. The molecule has 0 unspecified atom stereocenters. The topological polar surface area (TPSA) is 54.3 Å². The molecule has 5 heteroatoms. The first-order chi connectivity index (χ1) is 14.1. The molecule has 2 heterocycles. The van der Waals surface area contributed by atoms with Crippen molar-refractivity contribution in [2.24, 2.45) is 5.10 Å². The van der Waals surface area contributed by atoms with Gasteiger partial charge in [-0.3, -0.25) is 0 Å². The lowest BCUT2D eigenvalue weighted by Gasteiger charge is -2.38. The van der Waals surface area contributed by atoms with Crippen molar-refractivity contribution in [3.63, 3.8) is 0 Å². The molecule has 2 aliphatic rings. The maximum absolute atomic E-state index is 10.4. The van der Waals surface area contributed by atoms with E-state index in [2.05, 4.69) is 6.07 Å². The highest BCUT2D eigenvalue weighted by Gasteiger charge is 2.41. The van der Waals surface area contributed by atoms with Gasteiger partial charge in [0, 0.05) is 23.1 Å². The molecular formula is C24H22N2O3. The van der Waals surface area contributed by atoms with Crippen LogP contribution in [0.25, 0.3) is 0 Å². The van der Waals surface area contributed by atoms with Crippen molar-refractivity contribution >= 4 is 5.71 Å². The van der Waals surface area contributed by atoms with E-state index < -0.39 is 0 Å². The number of hydrogen-bond donors (Lipinski definition) is 1. The number of phenols is 1. The highest BCUT2D eigenvalue weighted by molar-refractivity contribution is 6.04. The van der Waals surface area contributed by atoms with E-state index in [1.54, 1.807) is 13.2 Å². The van der Waals surface area contributed by atoms with Crippen molar-refractivity contribution in [3.05, 3.63) is 89.0 Å². The number of rotatable bonds is 3. The molecule has 1 N–H and O–H groups in total. The van der Waals surface area contributed by atoms with Crippen LogP contribution >= 0.6 is 0 Å². The molecule has 5 nitrogen and oxygen atoms in total. The van der Waals surface area contributed by atoms with Gasteiger partial charge in [-0.2, -0.15) is 5.10 Å². The Morgan fingerprint density at radius 3 is 2.66 bits per heavy atom. The molecule has 0 spiro atoms. The number of nitrogens with zero attached hydrogens (tertiary/aromatic N) is 2. The molecular weight excluding hydrogens is 364 g/mol. The number of hydrazone groups is 1. The summed E-state index contributed by atoms with van der Waals surface area (Å²) in [7, 11) is 1.66. The SMILES string of the molecule is COc1ccc([C@H]2Oc3ccccc3[C@H]3CC(c4cc(C)ccc4O)=NN32)cc1. The summed E-state index contributed by atoms with van der Waals surface area (Å²) >= 11 is 0. The number of benzene rings is 3. The Kier molecular flexibility index (Phi) is 4.16. The van der Waals surface area contributed by atoms with Crippen LogP contribution in [0.2, 0.25) is 0 Å². The molecule has 3 aromatic carbocycles. The van der Waals surface area contributed by atoms with Crippen LogP contribution < -0.4 is 9.47 Å². The van der Waals surface area contributed by atoms with Crippen LogP contribution in [0.1, 0.15) is 40.9 Å². The van der Waals surface area contributed by atoms with Crippen LogP contribution in [-0.2, 0) is 0 Å². The van der Waals surface area contributed by atoms with Gasteiger partial charge in [-0.1, -0.05) is 29.8 Å². The molecule has 0 saturated carbocycles. The first-order valence-electron chi connectivity index (χ1n) is 9.69. The summed E-state index contributed by atoms with van der Waals surface area (Å²) in [5.74, 6) is 1.93. The number of aromatic hydroxyl groups is 1. The van der Waals surface area contributed by atoms with E-state index in [0.717, 1.165) is 39.5 Å². The average molecular weight is 386 g/mol. The van der Waals surface area contributed by atoms with Gasteiger partial charge in [0.2, 0.25) is 6.23 Å². The molecule has 2 aliphatic heterocycles. The van der Waals surface area contributed by atoms with Crippen molar-refractivity contribution in [2.75, 3.05) is 7.11 Å². The van der Waals surface area contributed by atoms with E-state index in [9.17, 15) is 5.11 Å². The summed E-state index contributed by atoms with van der Waals surface area (Å²) in [5, 5.41) is 17.4. The van der Waals surface area contributed by atoms with Gasteiger partial charge in [-0.25, -0.2) is 5.01 Å². The number of para-hydroxylation sites is 1. The van der Waals surface area contributed by atoms with E-state index in [4.69, 9.17) is 14.6 Å². The molecule has 146 valence electrons. The Labute approximate surface area is 169 Å². The number of hydrogen-bond acceptors (Lipinski definition) is 5. The predicted molar refractivity (Wildman–Crippen MR) is 111 cm³/mol. The second-order valence-electron chi connectivity index (χ2n) is 7.45. The lowest BCUT2D eigenvalue weighted by molar-refractivity contribution is -0.0190. The molecule has 0 aromatic heterocycles. The normalized spacial score (nSPS) is 19.8. The second-order valence-corrected chi connectivity index (χ2v) is 7.45. The Balaban J connectivity index is 1.59. The maximum Gasteiger partial charge on any atom is 0.213 e. The van der Waals surface area contributed by atoms with Crippen molar-refractivity contribution in [3.8, 4) is 17.2 Å². The summed E-state index contributed by atoms with van der Waals surface area (Å²) in [6, 6.07) is 21.7. The molecule has 3 aromatic rings. The number of phenolic OH excluding ortho intramolecular Hbond substituents is 1. The predicted octanol–water partition coefficient (Wildman–Crippen LogP) is 4.95. The fraction of sp³-hybridized carbons (Fsp3) is 0.208. The molecule has 0 fully saturated rings. The van der Waals surface area contributed by atoms with E-state index in [0.29, 0.717) is 6.42 Å². The van der Waals surface area contributed by atoms with E-state index in [1.165, 1.54) is 0 Å². The zero-order valence-corrected chi connectivity index (χ0v) is 16.4. The third kappa shape index (κ3) is 2.99. The zero-order chi connectivity index (χ0) is 20.0. The standard InChI is InChI=1S/C24H22N2O3/c1-15-7-12-22(27)19(13-15)20-14-21-18-5-3-4-6-23(18)29-24(26(21)25-20)16-8-10-17(28-2)11-9-16/h3-13,21,24,27H,14H2,1-2H3/t21-,24-/m1/s1. The summed E-state index contributed by atoms with van der Waals surface area (Å²) < 4.78 is 11.6. The van der Waals surface area contributed by atoms with Crippen LogP contribution in [0.4, 0.5) is 0 Å². The van der Waals surface area contributed by atoms with Crippen LogP contribution in [-0.4, -0.2) is 22.9 Å². The minimum absolute atomic E-state index is 0.0574. The minimum atomic E-state index is -0.342. The third-order valence-electron chi connectivity index (χ3n) is 5.56. The third-order valence-corrected chi connectivity index (χ3v) is 5.56. The van der Waals surface area contributed by atoms with Gasteiger partial charge < -0.3 is 14.6 Å². The fourth-order valence-electron chi connectivity index (χ4n) is 4.07. The van der Waals surface area contributed by atoms with Gasteiger partial charge in [0.25, 0.3) is 0 Å². The Bertz CT molecular complexity index is 1090. The number of methoxy groups -OCH3 is 1. The molecule has 0 bridgehead atoms. The van der Waals surface area contributed by atoms with E-state index >= 15 is 0 Å². The van der Waals surface area contributed by atoms with Crippen molar-refractivity contribution in [1.82, 2.24) is 5.01 Å². The van der Waals surface area contributed by atoms with Crippen molar-refractivity contribution in [1.29, 1.82) is 0 Å². The molecule has 0 amide bonds. The lowest BCUT2D eigenvalue weighted by Crippen LogP contribution is -2.33. The van der Waals surface area contributed by atoms with Gasteiger partial charge in [-0.15, -0.1) is 0 Å².